The van der Waals surface area contributed by atoms with Crippen molar-refractivity contribution in [3.8, 4) is 22.6 Å². The number of benzene rings is 3. The van der Waals surface area contributed by atoms with Gasteiger partial charge in [0.25, 0.3) is 0 Å². The normalized spacial score (nSPS) is 11.8. The van der Waals surface area contributed by atoms with Crippen molar-refractivity contribution in [3.05, 3.63) is 82.3 Å². The molecule has 0 aromatic heterocycles. The van der Waals surface area contributed by atoms with Gasteiger partial charge in [0, 0.05) is 0 Å². The Hall–Kier alpha value is -2.59. The monoisotopic (exact) mass is 550 g/mol. The first-order valence-electron chi connectivity index (χ1n) is 13.3. The zero-order valence-electron chi connectivity index (χ0n) is 21.9. The quantitative estimate of drug-likeness (QED) is 0.114. The van der Waals surface area contributed by atoms with Crippen LogP contribution < -0.4 is 9.47 Å². The fourth-order valence-electron chi connectivity index (χ4n) is 3.94. The second-order valence-electron chi connectivity index (χ2n) is 9.60. The number of halogens is 1. The van der Waals surface area contributed by atoms with Gasteiger partial charge in [0.05, 0.1) is 16.6 Å². The fourth-order valence-corrected chi connectivity index (χ4v) is 4.40. The van der Waals surface area contributed by atoms with Gasteiger partial charge < -0.3 is 9.47 Å². The smallest absolute Gasteiger partial charge is 0.343 e. The van der Waals surface area contributed by atoms with Gasteiger partial charge in [-0.05, 0) is 87.8 Å². The van der Waals surface area contributed by atoms with Crippen LogP contribution in [0.1, 0.15) is 81.6 Å². The lowest BCUT2D eigenvalue weighted by Crippen LogP contribution is -2.09. The van der Waals surface area contributed by atoms with Crippen LogP contribution in [-0.4, -0.2) is 12.6 Å². The van der Waals surface area contributed by atoms with E-state index in [0.717, 1.165) is 40.8 Å². The molecule has 1 atom stereocenters. The standard InChI is InChI=1S/C32H39BrO3/c1-4-6-7-8-9-10-11-25-12-14-27(15-13-25)32(34)36-31-21-18-28(22-30(31)33)26-16-19-29(20-17-26)35-23-24(3)5-2/h12-22,24H,4-11,23H2,1-3H3. The first-order chi connectivity index (χ1) is 17.5. The van der Waals surface area contributed by atoms with Crippen LogP contribution in [-0.2, 0) is 6.42 Å². The van der Waals surface area contributed by atoms with Crippen molar-refractivity contribution in [3.63, 3.8) is 0 Å². The maximum Gasteiger partial charge on any atom is 0.343 e. The molecule has 0 saturated carbocycles. The molecule has 0 aliphatic carbocycles. The fraction of sp³-hybridized carbons (Fsp3) is 0.406. The topological polar surface area (TPSA) is 35.5 Å². The number of unbranched alkanes of at least 4 members (excludes halogenated alkanes) is 5. The zero-order chi connectivity index (χ0) is 25.8. The van der Waals surface area contributed by atoms with Crippen molar-refractivity contribution in [2.24, 2.45) is 5.92 Å². The van der Waals surface area contributed by atoms with Gasteiger partial charge in [-0.2, -0.15) is 0 Å². The van der Waals surface area contributed by atoms with Crippen molar-refractivity contribution >= 4 is 21.9 Å². The van der Waals surface area contributed by atoms with E-state index in [4.69, 9.17) is 9.47 Å². The molecule has 0 aliphatic heterocycles. The summed E-state index contributed by atoms with van der Waals surface area (Å²) in [6.45, 7) is 7.32. The predicted molar refractivity (Wildman–Crippen MR) is 153 cm³/mol. The third-order valence-electron chi connectivity index (χ3n) is 6.56. The van der Waals surface area contributed by atoms with Gasteiger partial charge in [0.2, 0.25) is 0 Å². The number of esters is 1. The van der Waals surface area contributed by atoms with Crippen LogP contribution in [0, 0.1) is 5.92 Å². The minimum absolute atomic E-state index is 0.350. The number of hydrogen-bond donors (Lipinski definition) is 0. The summed E-state index contributed by atoms with van der Waals surface area (Å²) in [6.07, 6.45) is 9.87. The maximum atomic E-state index is 12.7. The largest absolute Gasteiger partial charge is 0.493 e. The summed E-state index contributed by atoms with van der Waals surface area (Å²) < 4.78 is 12.3. The minimum atomic E-state index is -0.350. The molecule has 0 fully saturated rings. The molecule has 36 heavy (non-hydrogen) atoms. The van der Waals surface area contributed by atoms with Gasteiger partial charge in [0.1, 0.15) is 11.5 Å². The molecule has 3 aromatic carbocycles. The Kier molecular flexibility index (Phi) is 11.5. The predicted octanol–water partition coefficient (Wildman–Crippen LogP) is 9.66. The van der Waals surface area contributed by atoms with Crippen molar-refractivity contribution in [2.45, 2.75) is 72.1 Å². The van der Waals surface area contributed by atoms with Gasteiger partial charge in [-0.1, -0.05) is 89.6 Å². The van der Waals surface area contributed by atoms with E-state index < -0.39 is 0 Å². The lowest BCUT2D eigenvalue weighted by Gasteiger charge is -2.12. The average Bonchev–Trinajstić information content (AvgIpc) is 2.91. The first-order valence-corrected chi connectivity index (χ1v) is 14.1. The summed E-state index contributed by atoms with van der Waals surface area (Å²) in [5, 5.41) is 0. The molecule has 3 nitrogen and oxygen atoms in total. The van der Waals surface area contributed by atoms with Crippen LogP contribution >= 0.6 is 15.9 Å². The van der Waals surface area contributed by atoms with Crippen LogP contribution in [0.25, 0.3) is 11.1 Å². The van der Waals surface area contributed by atoms with Gasteiger partial charge in [-0.25, -0.2) is 4.79 Å². The summed E-state index contributed by atoms with van der Waals surface area (Å²) in [4.78, 5) is 12.7. The van der Waals surface area contributed by atoms with Crippen LogP contribution in [0.4, 0.5) is 0 Å². The molecule has 0 N–H and O–H groups in total. The van der Waals surface area contributed by atoms with E-state index in [2.05, 4.69) is 36.7 Å². The molecule has 4 heteroatoms. The Morgan fingerprint density at radius 1 is 0.833 bits per heavy atom. The molecule has 0 radical (unpaired) electrons. The molecular formula is C32H39BrO3. The summed E-state index contributed by atoms with van der Waals surface area (Å²) in [6, 6.07) is 21.7. The van der Waals surface area contributed by atoms with E-state index in [9.17, 15) is 4.79 Å². The molecule has 3 rings (SSSR count). The molecule has 1 unspecified atom stereocenters. The first kappa shape index (κ1) is 28.0. The number of rotatable bonds is 14. The highest BCUT2D eigenvalue weighted by Gasteiger charge is 2.12. The van der Waals surface area contributed by atoms with Crippen LogP contribution in [0.3, 0.4) is 0 Å². The second-order valence-corrected chi connectivity index (χ2v) is 10.5. The number of ether oxygens (including phenoxy) is 2. The average molecular weight is 552 g/mol. The Labute approximate surface area is 225 Å². The number of carbonyl (C=O) groups excluding carboxylic acids is 1. The van der Waals surface area contributed by atoms with Crippen LogP contribution in [0.2, 0.25) is 0 Å². The third kappa shape index (κ3) is 8.81. The van der Waals surface area contributed by atoms with E-state index in [1.54, 1.807) is 0 Å². The Bertz CT molecular complexity index is 1070. The van der Waals surface area contributed by atoms with Crippen LogP contribution in [0.5, 0.6) is 11.5 Å². The number of aryl methyl sites for hydroxylation is 1. The van der Waals surface area contributed by atoms with Crippen molar-refractivity contribution in [2.75, 3.05) is 6.61 Å². The molecule has 3 aromatic rings. The van der Waals surface area contributed by atoms with E-state index in [0.29, 0.717) is 17.2 Å². The summed E-state index contributed by atoms with van der Waals surface area (Å²) in [5.74, 6) is 1.58. The Morgan fingerprint density at radius 2 is 1.50 bits per heavy atom. The van der Waals surface area contributed by atoms with Gasteiger partial charge >= 0.3 is 5.97 Å². The molecule has 0 bridgehead atoms. The molecular weight excluding hydrogens is 512 g/mol. The summed E-state index contributed by atoms with van der Waals surface area (Å²) in [5.41, 5.74) is 3.94. The van der Waals surface area contributed by atoms with Crippen molar-refractivity contribution < 1.29 is 14.3 Å². The Balaban J connectivity index is 1.53. The molecule has 192 valence electrons. The summed E-state index contributed by atoms with van der Waals surface area (Å²) in [7, 11) is 0. The van der Waals surface area contributed by atoms with Gasteiger partial charge in [0.15, 0.2) is 0 Å². The molecule has 0 aliphatic rings. The molecule has 0 heterocycles. The second kappa shape index (κ2) is 14.8. The third-order valence-corrected chi connectivity index (χ3v) is 7.18. The van der Waals surface area contributed by atoms with E-state index >= 15 is 0 Å². The molecule has 0 spiro atoms. The highest BCUT2D eigenvalue weighted by Crippen LogP contribution is 2.32. The van der Waals surface area contributed by atoms with Crippen molar-refractivity contribution in [1.82, 2.24) is 0 Å². The lowest BCUT2D eigenvalue weighted by molar-refractivity contribution is 0.0733. The highest BCUT2D eigenvalue weighted by atomic mass is 79.9. The van der Waals surface area contributed by atoms with Crippen LogP contribution in [0.15, 0.2) is 71.2 Å². The van der Waals surface area contributed by atoms with Crippen molar-refractivity contribution in [1.29, 1.82) is 0 Å². The van der Waals surface area contributed by atoms with Gasteiger partial charge in [-0.3, -0.25) is 0 Å². The highest BCUT2D eigenvalue weighted by molar-refractivity contribution is 9.10. The lowest BCUT2D eigenvalue weighted by atomic mass is 10.0. The van der Waals surface area contributed by atoms with Gasteiger partial charge in [-0.15, -0.1) is 0 Å². The van der Waals surface area contributed by atoms with E-state index in [1.165, 1.54) is 44.1 Å². The Morgan fingerprint density at radius 3 is 2.17 bits per heavy atom. The van der Waals surface area contributed by atoms with E-state index in [1.807, 2.05) is 66.7 Å². The molecule has 0 saturated heterocycles. The SMILES string of the molecule is CCCCCCCCc1ccc(C(=O)Oc2ccc(-c3ccc(OCC(C)CC)cc3)cc2Br)cc1. The molecule has 0 amide bonds. The number of carbonyl (C=O) groups is 1. The summed E-state index contributed by atoms with van der Waals surface area (Å²) >= 11 is 3.57. The minimum Gasteiger partial charge on any atom is -0.493 e. The number of hydrogen-bond acceptors (Lipinski definition) is 3. The van der Waals surface area contributed by atoms with E-state index in [-0.39, 0.29) is 5.97 Å². The zero-order valence-corrected chi connectivity index (χ0v) is 23.5. The maximum absolute atomic E-state index is 12.7.